The van der Waals surface area contributed by atoms with Crippen molar-refractivity contribution < 1.29 is 4.79 Å². The summed E-state index contributed by atoms with van der Waals surface area (Å²) in [6, 6.07) is 27.7. The van der Waals surface area contributed by atoms with E-state index in [0.29, 0.717) is 17.9 Å². The molecule has 28 heavy (non-hydrogen) atoms. The molecule has 0 radical (unpaired) electrons. The van der Waals surface area contributed by atoms with Gasteiger partial charge in [0.2, 0.25) is 0 Å². The summed E-state index contributed by atoms with van der Waals surface area (Å²) in [7, 11) is 0. The van der Waals surface area contributed by atoms with E-state index in [0.717, 1.165) is 11.1 Å². The van der Waals surface area contributed by atoms with Gasteiger partial charge in [-0.1, -0.05) is 66.7 Å². The molecule has 0 unspecified atom stereocenters. The topological polar surface area (TPSA) is 46.9 Å². The van der Waals surface area contributed by atoms with Gasteiger partial charge in [-0.3, -0.25) is 9.48 Å². The minimum atomic E-state index is -0.166. The van der Waals surface area contributed by atoms with Gasteiger partial charge in [-0.2, -0.15) is 5.10 Å². The van der Waals surface area contributed by atoms with Crippen LogP contribution in [0, 0.1) is 6.92 Å². The van der Waals surface area contributed by atoms with Crippen LogP contribution in [0.25, 0.3) is 11.1 Å². The summed E-state index contributed by atoms with van der Waals surface area (Å²) in [5.74, 6) is 0.381. The quantitative estimate of drug-likeness (QED) is 0.530. The second-order valence-corrected chi connectivity index (χ2v) is 6.72. The molecule has 4 rings (SSSR count). The molecule has 4 heteroatoms. The molecule has 0 saturated heterocycles. The van der Waals surface area contributed by atoms with Crippen LogP contribution in [0.15, 0.2) is 91.1 Å². The minimum absolute atomic E-state index is 0.166. The van der Waals surface area contributed by atoms with Gasteiger partial charge in [-0.15, -0.1) is 0 Å². The number of carbonyl (C=O) groups excluding carboxylic acids is 1. The van der Waals surface area contributed by atoms with Crippen molar-refractivity contribution in [1.29, 1.82) is 0 Å². The number of hydrogen-bond donors (Lipinski definition) is 1. The number of benzene rings is 3. The number of aryl methyl sites for hydroxylation is 1. The molecule has 0 atom stereocenters. The summed E-state index contributed by atoms with van der Waals surface area (Å²) in [6.45, 7) is 2.76. The maximum absolute atomic E-state index is 12.5. The predicted octanol–water partition coefficient (Wildman–Crippen LogP) is 5.16. The monoisotopic (exact) mass is 367 g/mol. The van der Waals surface area contributed by atoms with E-state index in [4.69, 9.17) is 0 Å². The van der Waals surface area contributed by atoms with Crippen molar-refractivity contribution in [3.8, 4) is 11.1 Å². The number of nitrogens with zero attached hydrogens (tertiary/aromatic N) is 2. The highest BCUT2D eigenvalue weighted by Gasteiger charge is 2.09. The Kier molecular flexibility index (Phi) is 5.02. The third kappa shape index (κ3) is 4.01. The fourth-order valence-electron chi connectivity index (χ4n) is 3.11. The van der Waals surface area contributed by atoms with E-state index in [2.05, 4.69) is 41.6 Å². The molecule has 138 valence electrons. The summed E-state index contributed by atoms with van der Waals surface area (Å²) in [6.07, 6.45) is 1.88. The van der Waals surface area contributed by atoms with Crippen LogP contribution in [0.5, 0.6) is 0 Å². The zero-order valence-electron chi connectivity index (χ0n) is 15.7. The molecule has 1 N–H and O–H groups in total. The van der Waals surface area contributed by atoms with Crippen LogP contribution in [0.3, 0.4) is 0 Å². The van der Waals surface area contributed by atoms with E-state index in [1.54, 1.807) is 0 Å². The largest absolute Gasteiger partial charge is 0.305 e. The lowest BCUT2D eigenvalue weighted by molar-refractivity contribution is 0.102. The van der Waals surface area contributed by atoms with Gasteiger partial charge in [0.25, 0.3) is 5.91 Å². The predicted molar refractivity (Wildman–Crippen MR) is 112 cm³/mol. The van der Waals surface area contributed by atoms with Gasteiger partial charge >= 0.3 is 0 Å². The van der Waals surface area contributed by atoms with E-state index in [-0.39, 0.29) is 5.91 Å². The lowest BCUT2D eigenvalue weighted by Gasteiger charge is -2.06. The fraction of sp³-hybridized carbons (Fsp3) is 0.0833. The lowest BCUT2D eigenvalue weighted by atomic mass is 10.0. The second-order valence-electron chi connectivity index (χ2n) is 6.72. The number of carbonyl (C=O) groups is 1. The van der Waals surface area contributed by atoms with Crippen LogP contribution in [0.1, 0.15) is 21.5 Å². The van der Waals surface area contributed by atoms with Gasteiger partial charge in [0.05, 0.1) is 6.54 Å². The van der Waals surface area contributed by atoms with Gasteiger partial charge in [-0.05, 0) is 41.3 Å². The highest BCUT2D eigenvalue weighted by molar-refractivity contribution is 6.04. The van der Waals surface area contributed by atoms with Crippen molar-refractivity contribution in [2.24, 2.45) is 0 Å². The Hall–Kier alpha value is -3.66. The third-order valence-electron chi connectivity index (χ3n) is 4.73. The lowest BCUT2D eigenvalue weighted by Crippen LogP contribution is -2.12. The Morgan fingerprint density at radius 2 is 1.54 bits per heavy atom. The van der Waals surface area contributed by atoms with Crippen molar-refractivity contribution >= 4 is 11.7 Å². The summed E-state index contributed by atoms with van der Waals surface area (Å²) in [4.78, 5) is 12.5. The van der Waals surface area contributed by atoms with E-state index < -0.39 is 0 Å². The van der Waals surface area contributed by atoms with E-state index in [9.17, 15) is 4.79 Å². The van der Waals surface area contributed by atoms with Crippen molar-refractivity contribution in [2.75, 3.05) is 5.32 Å². The van der Waals surface area contributed by atoms with Crippen LogP contribution in [-0.2, 0) is 6.54 Å². The average Bonchev–Trinajstić information content (AvgIpc) is 3.17. The Morgan fingerprint density at radius 3 is 2.29 bits per heavy atom. The van der Waals surface area contributed by atoms with E-state index in [1.165, 1.54) is 11.1 Å². The molecule has 0 aliphatic heterocycles. The number of nitrogens with one attached hydrogen (secondary N) is 1. The second kappa shape index (κ2) is 7.92. The molecule has 4 aromatic rings. The Bertz CT molecular complexity index is 1080. The fourth-order valence-corrected chi connectivity index (χ4v) is 3.11. The minimum Gasteiger partial charge on any atom is -0.305 e. The normalized spacial score (nSPS) is 10.6. The zero-order valence-corrected chi connectivity index (χ0v) is 15.7. The SMILES string of the molecule is Cc1ccccc1Cn1ccc(NC(=O)c2ccc(-c3ccccc3)cc2)n1. The molecule has 4 nitrogen and oxygen atoms in total. The number of rotatable bonds is 5. The number of anilines is 1. The molecule has 0 saturated carbocycles. The average molecular weight is 367 g/mol. The first-order chi connectivity index (χ1) is 13.7. The van der Waals surface area contributed by atoms with Gasteiger partial charge in [-0.25, -0.2) is 0 Å². The summed E-state index contributed by atoms with van der Waals surface area (Å²) < 4.78 is 1.83. The first-order valence-corrected chi connectivity index (χ1v) is 9.24. The molecule has 3 aromatic carbocycles. The van der Waals surface area contributed by atoms with Crippen LogP contribution in [0.2, 0.25) is 0 Å². The summed E-state index contributed by atoms with van der Waals surface area (Å²) >= 11 is 0. The molecule has 1 amide bonds. The molecule has 0 spiro atoms. The van der Waals surface area contributed by atoms with E-state index in [1.807, 2.05) is 71.5 Å². The molecule has 1 heterocycles. The van der Waals surface area contributed by atoms with Gasteiger partial charge < -0.3 is 5.32 Å². The smallest absolute Gasteiger partial charge is 0.256 e. The van der Waals surface area contributed by atoms with Crippen molar-refractivity contribution in [2.45, 2.75) is 13.5 Å². The third-order valence-corrected chi connectivity index (χ3v) is 4.73. The number of aromatic nitrogens is 2. The highest BCUT2D eigenvalue weighted by Crippen LogP contribution is 2.19. The maximum atomic E-state index is 12.5. The standard InChI is InChI=1S/C24H21N3O/c1-18-7-5-6-10-22(18)17-27-16-15-23(26-27)25-24(28)21-13-11-20(12-14-21)19-8-3-2-4-9-19/h2-16H,17H2,1H3,(H,25,26,28). The molecule has 0 aliphatic rings. The van der Waals surface area contributed by atoms with Crippen molar-refractivity contribution in [3.05, 3.63) is 108 Å². The van der Waals surface area contributed by atoms with E-state index >= 15 is 0 Å². The number of amides is 1. The first-order valence-electron chi connectivity index (χ1n) is 9.24. The first kappa shape index (κ1) is 17.7. The number of hydrogen-bond acceptors (Lipinski definition) is 2. The molecule has 0 fully saturated rings. The van der Waals surface area contributed by atoms with Crippen LogP contribution < -0.4 is 5.32 Å². The Morgan fingerprint density at radius 1 is 0.857 bits per heavy atom. The molecule has 1 aromatic heterocycles. The van der Waals surface area contributed by atoms with Gasteiger partial charge in [0.15, 0.2) is 5.82 Å². The summed E-state index contributed by atoms with van der Waals surface area (Å²) in [5.41, 5.74) is 5.25. The van der Waals surface area contributed by atoms with Gasteiger partial charge in [0, 0.05) is 17.8 Å². The van der Waals surface area contributed by atoms with Crippen LogP contribution in [0.4, 0.5) is 5.82 Å². The Labute approximate surface area is 164 Å². The molecular formula is C24H21N3O. The van der Waals surface area contributed by atoms with Gasteiger partial charge in [0.1, 0.15) is 0 Å². The van der Waals surface area contributed by atoms with Crippen molar-refractivity contribution in [3.63, 3.8) is 0 Å². The van der Waals surface area contributed by atoms with Crippen LogP contribution in [-0.4, -0.2) is 15.7 Å². The molecule has 0 aliphatic carbocycles. The van der Waals surface area contributed by atoms with Crippen LogP contribution >= 0.6 is 0 Å². The highest BCUT2D eigenvalue weighted by atomic mass is 16.1. The summed E-state index contributed by atoms with van der Waals surface area (Å²) in [5, 5.41) is 7.33. The zero-order chi connectivity index (χ0) is 19.3. The maximum Gasteiger partial charge on any atom is 0.256 e. The Balaban J connectivity index is 1.43. The molecular weight excluding hydrogens is 346 g/mol. The van der Waals surface area contributed by atoms with Crippen molar-refractivity contribution in [1.82, 2.24) is 9.78 Å². The molecule has 0 bridgehead atoms.